The van der Waals surface area contributed by atoms with Gasteiger partial charge < -0.3 is 9.31 Å². The Hall–Kier alpha value is -1.15. The second-order valence-corrected chi connectivity index (χ2v) is 5.27. The summed E-state index contributed by atoms with van der Waals surface area (Å²) >= 11 is 0. The topological polar surface area (TPSA) is 44.2 Å². The Kier molecular flexibility index (Phi) is 2.56. The van der Waals surface area contributed by atoms with E-state index in [1.807, 2.05) is 0 Å². The van der Waals surface area contributed by atoms with Crippen LogP contribution in [0.15, 0.2) is 12.3 Å². The first-order valence-corrected chi connectivity index (χ1v) is 5.63. The third-order valence-corrected chi connectivity index (χ3v) is 3.31. The first kappa shape index (κ1) is 11.7. The van der Waals surface area contributed by atoms with E-state index in [1.165, 1.54) is 0 Å². The molecule has 1 aliphatic heterocycles. The second-order valence-electron chi connectivity index (χ2n) is 5.27. The maximum atomic E-state index is 12.8. The van der Waals surface area contributed by atoms with Gasteiger partial charge in [0.2, 0.25) is 0 Å². The summed E-state index contributed by atoms with van der Waals surface area (Å²) in [6.45, 7) is 6.92. The summed E-state index contributed by atoms with van der Waals surface area (Å²) in [7, 11) is -1.23. The van der Waals surface area contributed by atoms with Crippen LogP contribution in [0, 0.1) is 0 Å². The van der Waals surface area contributed by atoms with E-state index in [2.05, 4.69) is 9.97 Å². The van der Waals surface area contributed by atoms with Gasteiger partial charge in [-0.1, -0.05) is 0 Å². The fourth-order valence-corrected chi connectivity index (χ4v) is 1.50. The molecule has 1 aromatic rings. The lowest BCUT2D eigenvalue weighted by Crippen LogP contribution is -2.41. The monoisotopic (exact) mass is 276 g/mol. The molecule has 104 valence electrons. The minimum Gasteiger partial charge on any atom is -0.398 e. The van der Waals surface area contributed by atoms with Crippen LogP contribution in [-0.4, -0.2) is 28.3 Å². The van der Waals surface area contributed by atoms with Crippen molar-refractivity contribution in [2.45, 2.75) is 45.1 Å². The summed E-state index contributed by atoms with van der Waals surface area (Å²) in [5.41, 5.74) is -3.38. The number of rotatable bonds is 1. The van der Waals surface area contributed by atoms with Crippen molar-refractivity contribution in [2.24, 2.45) is 0 Å². The van der Waals surface area contributed by atoms with Gasteiger partial charge in [-0.2, -0.15) is 13.2 Å². The van der Waals surface area contributed by atoms with E-state index in [1.54, 1.807) is 27.7 Å². The third-order valence-electron chi connectivity index (χ3n) is 3.31. The van der Waals surface area contributed by atoms with Crippen LogP contribution in [0.5, 0.6) is 0 Å². The fraction of sp³-hybridized carbons (Fsp3) is 0.636. The molecule has 0 unspecified atom stereocenters. The number of nitrogens with zero attached hydrogens (tertiary/aromatic N) is 2. The average molecular weight is 276 g/mol. The highest BCUT2D eigenvalue weighted by atomic mass is 19.4. The van der Waals surface area contributed by atoms with Crippen molar-refractivity contribution < 1.29 is 25.2 Å². The van der Waals surface area contributed by atoms with Gasteiger partial charge in [-0.25, -0.2) is 4.98 Å². The Morgan fingerprint density at radius 3 is 2.16 bits per heavy atom. The normalized spacial score (nSPS) is 23.2. The molecule has 4 nitrogen and oxygen atoms in total. The van der Waals surface area contributed by atoms with Crippen molar-refractivity contribution in [1.82, 2.24) is 9.97 Å². The molecule has 1 saturated heterocycles. The first-order valence-electron chi connectivity index (χ1n) is 6.63. The lowest BCUT2D eigenvalue weighted by molar-refractivity contribution is -0.141. The molecule has 2 heterocycles. The van der Waals surface area contributed by atoms with E-state index in [-0.39, 0.29) is 5.59 Å². The van der Waals surface area contributed by atoms with Crippen LogP contribution in [0.4, 0.5) is 13.2 Å². The Balaban J connectivity index is 2.47. The number of halogens is 3. The molecule has 0 atom stereocenters. The summed E-state index contributed by atoms with van der Waals surface area (Å²) in [5, 5.41) is 0. The molecule has 0 bridgehead atoms. The summed E-state index contributed by atoms with van der Waals surface area (Å²) in [5.74, 6) is 0. The Labute approximate surface area is 112 Å². The van der Waals surface area contributed by atoms with E-state index in [0.29, 0.717) is 0 Å². The molecule has 8 heteroatoms. The van der Waals surface area contributed by atoms with E-state index in [4.69, 9.17) is 12.1 Å². The highest BCUT2D eigenvalue weighted by molar-refractivity contribution is 6.61. The number of aromatic nitrogens is 2. The standard InChI is InChI=1S/C11H14BF3N2O2/c1-9(2)10(3,4)19-12(18-9)8-6-16-5-7(17-8)11(13,14)15/h5-6H,1-4H3/i5D,6D. The maximum Gasteiger partial charge on any atom is 0.516 e. The van der Waals surface area contributed by atoms with Gasteiger partial charge in [0.05, 0.1) is 25.7 Å². The van der Waals surface area contributed by atoms with Crippen LogP contribution in [0.3, 0.4) is 0 Å². The van der Waals surface area contributed by atoms with E-state index in [9.17, 15) is 13.2 Å². The molecular formula is C11H14BF3N2O2. The van der Waals surface area contributed by atoms with Crippen LogP contribution < -0.4 is 5.59 Å². The second kappa shape index (κ2) is 4.18. The molecular weight excluding hydrogens is 260 g/mol. The predicted molar refractivity (Wildman–Crippen MR) is 62.8 cm³/mol. The molecule has 0 spiro atoms. The van der Waals surface area contributed by atoms with Gasteiger partial charge in [0.1, 0.15) is 0 Å². The maximum absolute atomic E-state index is 12.8. The lowest BCUT2D eigenvalue weighted by Gasteiger charge is -2.32. The van der Waals surface area contributed by atoms with Gasteiger partial charge in [-0.05, 0) is 27.7 Å². The zero-order chi connectivity index (χ0) is 16.2. The zero-order valence-corrected chi connectivity index (χ0v) is 10.9. The summed E-state index contributed by atoms with van der Waals surface area (Å²) < 4.78 is 64.3. The van der Waals surface area contributed by atoms with Gasteiger partial charge in [0.15, 0.2) is 5.69 Å². The highest BCUT2D eigenvalue weighted by Crippen LogP contribution is 2.36. The van der Waals surface area contributed by atoms with E-state index < -0.39 is 42.5 Å². The van der Waals surface area contributed by atoms with Crippen molar-refractivity contribution in [3.8, 4) is 0 Å². The van der Waals surface area contributed by atoms with Crippen molar-refractivity contribution in [1.29, 1.82) is 0 Å². The fourth-order valence-electron chi connectivity index (χ4n) is 1.50. The molecule has 0 aliphatic carbocycles. The molecule has 19 heavy (non-hydrogen) atoms. The highest BCUT2D eigenvalue weighted by Gasteiger charge is 2.52. The minimum atomic E-state index is -4.82. The van der Waals surface area contributed by atoms with Crippen molar-refractivity contribution in [3.05, 3.63) is 18.0 Å². The van der Waals surface area contributed by atoms with Crippen LogP contribution >= 0.6 is 0 Å². The van der Waals surface area contributed by atoms with Gasteiger partial charge in [-0.15, -0.1) is 0 Å². The average Bonchev–Trinajstić information content (AvgIpc) is 2.45. The predicted octanol–water partition coefficient (Wildman–Crippen LogP) is 1.79. The molecule has 0 radical (unpaired) electrons. The van der Waals surface area contributed by atoms with E-state index >= 15 is 0 Å². The molecule has 1 aromatic heterocycles. The molecule has 2 rings (SSSR count). The summed E-state index contributed by atoms with van der Waals surface area (Å²) in [4.78, 5) is 6.61. The SMILES string of the molecule is [2H]c1nc([2H])c(C(F)(F)F)nc1B1OC(C)(C)C(C)(C)O1. The van der Waals surface area contributed by atoms with Crippen LogP contribution in [0.25, 0.3) is 0 Å². The molecule has 0 amide bonds. The molecule has 0 aromatic carbocycles. The third kappa shape index (κ3) is 2.60. The number of hydrogen-bond donors (Lipinski definition) is 0. The Bertz CT molecular complexity index is 565. The quantitative estimate of drug-likeness (QED) is 0.733. The Morgan fingerprint density at radius 2 is 1.68 bits per heavy atom. The van der Waals surface area contributed by atoms with Crippen molar-refractivity contribution in [2.75, 3.05) is 0 Å². The smallest absolute Gasteiger partial charge is 0.398 e. The molecule has 1 aliphatic rings. The van der Waals surface area contributed by atoms with Gasteiger partial charge in [-0.3, -0.25) is 4.98 Å². The summed E-state index contributed by atoms with van der Waals surface area (Å²) in [6, 6.07) is 0. The molecule has 0 saturated carbocycles. The van der Waals surface area contributed by atoms with Gasteiger partial charge in [0.25, 0.3) is 0 Å². The van der Waals surface area contributed by atoms with Crippen molar-refractivity contribution in [3.63, 3.8) is 0 Å². The Morgan fingerprint density at radius 1 is 1.16 bits per heavy atom. The minimum absolute atomic E-state index is 0.378. The van der Waals surface area contributed by atoms with E-state index in [0.717, 1.165) is 0 Å². The van der Waals surface area contributed by atoms with Crippen LogP contribution in [0.2, 0.25) is 0 Å². The summed E-state index contributed by atoms with van der Waals surface area (Å²) in [6.07, 6.45) is -6.48. The number of hydrogen-bond acceptors (Lipinski definition) is 4. The van der Waals surface area contributed by atoms with Gasteiger partial charge >= 0.3 is 13.3 Å². The van der Waals surface area contributed by atoms with Crippen LogP contribution in [-0.2, 0) is 15.5 Å². The first-order chi connectivity index (χ1) is 9.35. The largest absolute Gasteiger partial charge is 0.516 e. The lowest BCUT2D eigenvalue weighted by atomic mass is 9.85. The van der Waals surface area contributed by atoms with Crippen LogP contribution in [0.1, 0.15) is 36.1 Å². The zero-order valence-electron chi connectivity index (χ0n) is 12.9. The number of alkyl halides is 3. The molecule has 1 fully saturated rings. The van der Waals surface area contributed by atoms with Crippen molar-refractivity contribution >= 4 is 12.7 Å². The van der Waals surface area contributed by atoms with Gasteiger partial charge in [0, 0.05) is 6.17 Å². The molecule has 0 N–H and O–H groups in total.